The van der Waals surface area contributed by atoms with Crippen LogP contribution < -0.4 is 48.5 Å². The Labute approximate surface area is 457 Å². The monoisotopic (exact) mass is 1050 g/mol. The second-order valence-electron chi connectivity index (χ2n) is 21.6. The molecule has 2 aliphatic carbocycles. The number of hydrogen-bond acceptors (Lipinski definition) is 12. The van der Waals surface area contributed by atoms with Crippen molar-refractivity contribution in [2.24, 2.45) is 11.8 Å². The molecular weight excluding hydrogens is 981 g/mol. The Hall–Kier alpha value is -6.96. The molecule has 78 heavy (non-hydrogen) atoms. The molecule has 12 heteroatoms. The van der Waals surface area contributed by atoms with Crippen molar-refractivity contribution in [3.63, 3.8) is 0 Å². The molecule has 2 aliphatic heterocycles. The molecule has 0 bridgehead atoms. The zero-order valence-corrected chi connectivity index (χ0v) is 46.2. The van der Waals surface area contributed by atoms with E-state index < -0.39 is 11.2 Å². The molecule has 4 N–H and O–H groups in total. The van der Waals surface area contributed by atoms with Gasteiger partial charge in [0, 0.05) is 89.5 Å². The number of fused-ring (bicyclic) bond motifs is 6. The fraction of sp³-hybridized carbons (Fsp3) is 0.394. The molecule has 0 amide bonds. The van der Waals surface area contributed by atoms with E-state index in [2.05, 4.69) is 10.6 Å². The lowest BCUT2D eigenvalue weighted by Gasteiger charge is -2.38. The van der Waals surface area contributed by atoms with Crippen LogP contribution in [0, 0.1) is 11.8 Å². The number of benzene rings is 8. The third-order valence-corrected chi connectivity index (χ3v) is 17.9. The van der Waals surface area contributed by atoms with Crippen molar-refractivity contribution >= 4 is 43.1 Å². The molecule has 0 aromatic heterocycles. The third kappa shape index (κ3) is 8.76. The quantitative estimate of drug-likeness (QED) is 0.0825. The topological polar surface area (TPSA) is 138 Å². The first-order valence-corrected chi connectivity index (χ1v) is 27.6. The second kappa shape index (κ2) is 22.1. The average molecular weight is 1060 g/mol. The Balaban J connectivity index is 0.000000165. The minimum Gasteiger partial charge on any atom is -0.496 e. The summed E-state index contributed by atoms with van der Waals surface area (Å²) in [5, 5.41) is 41.7. The Morgan fingerprint density at radius 3 is 0.821 bits per heavy atom. The summed E-state index contributed by atoms with van der Waals surface area (Å²) in [6.07, 6.45) is 11.1. The minimum atomic E-state index is -1.51. The zero-order chi connectivity index (χ0) is 54.3. The van der Waals surface area contributed by atoms with Crippen LogP contribution in [0.25, 0.3) is 43.1 Å². The van der Waals surface area contributed by atoms with Gasteiger partial charge in [-0.15, -0.1) is 0 Å². The van der Waals surface area contributed by atoms with Gasteiger partial charge < -0.3 is 58.7 Å². The van der Waals surface area contributed by atoms with Crippen LogP contribution >= 0.6 is 0 Å². The largest absolute Gasteiger partial charge is 0.496 e. The summed E-state index contributed by atoms with van der Waals surface area (Å²) in [6, 6.07) is 39.9. The maximum absolute atomic E-state index is 13.3. The Morgan fingerprint density at radius 1 is 0.346 bits per heavy atom. The molecule has 2 saturated carbocycles. The average Bonchev–Trinajstić information content (AvgIpc) is 4.30. The molecule has 12 nitrogen and oxygen atoms in total. The number of aliphatic hydroxyl groups is 2. The van der Waals surface area contributed by atoms with Gasteiger partial charge >= 0.3 is 0 Å². The number of rotatable bonds is 14. The molecule has 4 fully saturated rings. The lowest BCUT2D eigenvalue weighted by atomic mass is 9.75. The van der Waals surface area contributed by atoms with Gasteiger partial charge in [-0.25, -0.2) is 0 Å². The van der Waals surface area contributed by atoms with Crippen LogP contribution in [0.4, 0.5) is 0 Å². The molecule has 2 heterocycles. The van der Waals surface area contributed by atoms with Gasteiger partial charge in [-0.2, -0.15) is 0 Å². The summed E-state index contributed by atoms with van der Waals surface area (Å²) in [6.45, 7) is 0. The van der Waals surface area contributed by atoms with Gasteiger partial charge in [0.1, 0.15) is 57.2 Å². The van der Waals surface area contributed by atoms with E-state index in [1.807, 2.05) is 121 Å². The van der Waals surface area contributed by atoms with Crippen molar-refractivity contribution < 1.29 is 48.1 Å². The molecule has 0 spiro atoms. The van der Waals surface area contributed by atoms with Gasteiger partial charge in [0.05, 0.1) is 56.9 Å². The van der Waals surface area contributed by atoms with Crippen LogP contribution in [0.3, 0.4) is 0 Å². The first-order valence-electron chi connectivity index (χ1n) is 27.6. The highest BCUT2D eigenvalue weighted by Gasteiger charge is 2.53. The van der Waals surface area contributed by atoms with Gasteiger partial charge in [-0.1, -0.05) is 123 Å². The maximum Gasteiger partial charge on any atom is 0.137 e. The standard InChI is InChI=1S/2C33H37NO5/c2*1-36-28-18-25(31(38-3)23-14-8-6-12-21(23)28)33(35,30-17-20-11-5-10-16-27(20)34-30)26-19-29(37-2)22-13-7-9-15-24(22)32(26)39-4/h2*6-9,12-15,18-20,27,30,34-35H,5,10-11,16-17H2,1-4H3/t2*20-,27-,30-/m00/s1. The first kappa shape index (κ1) is 53.1. The molecule has 12 rings (SSSR count). The summed E-state index contributed by atoms with van der Waals surface area (Å²) in [5.41, 5.74) is -0.440. The molecule has 8 aromatic carbocycles. The van der Waals surface area contributed by atoms with E-state index in [1.54, 1.807) is 56.9 Å². The van der Waals surface area contributed by atoms with Crippen molar-refractivity contribution in [3.8, 4) is 46.0 Å². The van der Waals surface area contributed by atoms with Crippen LogP contribution in [0.2, 0.25) is 0 Å². The molecule has 0 radical (unpaired) electrons. The van der Waals surface area contributed by atoms with Gasteiger partial charge in [-0.05, 0) is 74.6 Å². The van der Waals surface area contributed by atoms with Crippen molar-refractivity contribution in [1.29, 1.82) is 0 Å². The SMILES string of the molecule is COc1cc(C(O)(c2cc(OC)c3ccccc3c2OC)[C@@H]2C[C@@H]3CCCC[C@@H]3N2)c(OC)c2ccccc12.COc1cc(C(O)(c2cc(OC)c3ccccc3c2OC)[C@@H]2C[C@@H]3CCCC[C@@H]3N2)c(OC)c2ccccc12. The predicted octanol–water partition coefficient (Wildman–Crippen LogP) is 12.4. The maximum atomic E-state index is 13.3. The zero-order valence-electron chi connectivity index (χ0n) is 46.2. The number of hydrogen-bond donors (Lipinski definition) is 4. The highest BCUT2D eigenvalue weighted by atomic mass is 16.5. The molecule has 408 valence electrons. The lowest BCUT2D eigenvalue weighted by Crippen LogP contribution is -2.48. The van der Waals surface area contributed by atoms with Crippen LogP contribution in [0.15, 0.2) is 121 Å². The van der Waals surface area contributed by atoms with Gasteiger partial charge in [0.15, 0.2) is 0 Å². The van der Waals surface area contributed by atoms with E-state index >= 15 is 0 Å². The van der Waals surface area contributed by atoms with E-state index in [0.717, 1.165) is 68.8 Å². The van der Waals surface area contributed by atoms with Crippen LogP contribution in [-0.2, 0) is 11.2 Å². The van der Waals surface area contributed by atoms with Crippen molar-refractivity contribution in [2.75, 3.05) is 56.9 Å². The summed E-state index contributed by atoms with van der Waals surface area (Å²) in [5.74, 6) is 6.25. The summed E-state index contributed by atoms with van der Waals surface area (Å²) < 4.78 is 48.0. The van der Waals surface area contributed by atoms with E-state index in [4.69, 9.17) is 37.9 Å². The molecule has 8 aromatic rings. The molecule has 2 saturated heterocycles. The van der Waals surface area contributed by atoms with Gasteiger partial charge in [0.2, 0.25) is 0 Å². The normalized spacial score (nSPS) is 21.1. The molecule has 6 atom stereocenters. The van der Waals surface area contributed by atoms with Crippen LogP contribution in [0.1, 0.15) is 86.5 Å². The number of ether oxygens (including phenoxy) is 8. The second-order valence-corrected chi connectivity index (χ2v) is 21.6. The number of methoxy groups -OCH3 is 8. The van der Waals surface area contributed by atoms with Crippen LogP contribution in [-0.4, -0.2) is 91.3 Å². The highest BCUT2D eigenvalue weighted by molar-refractivity contribution is 5.99. The van der Waals surface area contributed by atoms with E-state index in [1.165, 1.54) is 38.5 Å². The first-order chi connectivity index (χ1) is 38.1. The minimum absolute atomic E-state index is 0.273. The fourth-order valence-corrected chi connectivity index (χ4v) is 14.2. The van der Waals surface area contributed by atoms with Crippen molar-refractivity contribution in [1.82, 2.24) is 10.6 Å². The Kier molecular flexibility index (Phi) is 15.0. The molecule has 0 unspecified atom stereocenters. The number of nitrogens with one attached hydrogen (secondary N) is 2. The van der Waals surface area contributed by atoms with E-state index in [0.29, 0.717) is 92.2 Å². The summed E-state index contributed by atoms with van der Waals surface area (Å²) in [4.78, 5) is 0. The Bertz CT molecular complexity index is 3040. The highest BCUT2D eigenvalue weighted by Crippen LogP contribution is 2.55. The van der Waals surface area contributed by atoms with Gasteiger partial charge in [-0.3, -0.25) is 0 Å². The lowest BCUT2D eigenvalue weighted by molar-refractivity contribution is 0.0370. The van der Waals surface area contributed by atoms with Crippen molar-refractivity contribution in [3.05, 3.63) is 144 Å². The predicted molar refractivity (Wildman–Crippen MR) is 309 cm³/mol. The van der Waals surface area contributed by atoms with Crippen molar-refractivity contribution in [2.45, 2.75) is 99.6 Å². The Morgan fingerprint density at radius 2 is 0.590 bits per heavy atom. The summed E-state index contributed by atoms with van der Waals surface area (Å²) in [7, 11) is 13.3. The van der Waals surface area contributed by atoms with Crippen LogP contribution in [0.5, 0.6) is 46.0 Å². The van der Waals surface area contributed by atoms with Gasteiger partial charge in [0.25, 0.3) is 0 Å². The summed E-state index contributed by atoms with van der Waals surface area (Å²) >= 11 is 0. The molecular formula is C66H74N2O10. The van der Waals surface area contributed by atoms with E-state index in [-0.39, 0.29) is 12.1 Å². The van der Waals surface area contributed by atoms with E-state index in [9.17, 15) is 10.2 Å². The fourth-order valence-electron chi connectivity index (χ4n) is 14.2. The smallest absolute Gasteiger partial charge is 0.137 e. The third-order valence-electron chi connectivity index (χ3n) is 17.9. The molecule has 4 aliphatic rings.